The van der Waals surface area contributed by atoms with Gasteiger partial charge in [-0.15, -0.1) is 0 Å². The third-order valence-corrected chi connectivity index (χ3v) is 12.6. The van der Waals surface area contributed by atoms with Gasteiger partial charge in [-0.1, -0.05) is 206 Å². The summed E-state index contributed by atoms with van der Waals surface area (Å²) in [5.41, 5.74) is 0. The van der Waals surface area contributed by atoms with E-state index >= 15 is 0 Å². The van der Waals surface area contributed by atoms with Gasteiger partial charge >= 0.3 is 13.8 Å². The molecule has 414 valence electrons. The number of carbonyl (C=O) groups is 2. The van der Waals surface area contributed by atoms with Gasteiger partial charge < -0.3 is 19.4 Å². The predicted molar refractivity (Wildman–Crippen MR) is 313 cm³/mol. The summed E-state index contributed by atoms with van der Waals surface area (Å²) in [7, 11) is 1.42. The van der Waals surface area contributed by atoms with Crippen molar-refractivity contribution in [3.8, 4) is 0 Å². The number of ether oxygens (including phenoxy) is 1. The quantitative estimate of drug-likeness (QED) is 0.0205. The SMILES string of the molecule is CC/C=C\C/C=C\C/C=C\C/C=C\C/C=C\CCCCCC(=O)NC(COP(=O)(O)OCC[N+](C)(C)C)C(/C=C/CCCCCCCCCCC)OC(=O)CCC/C=C\C/C=C\C/C=C\C/C=C\C/C=C\CC. The van der Waals surface area contributed by atoms with Crippen LogP contribution in [0.25, 0.3) is 0 Å². The van der Waals surface area contributed by atoms with E-state index in [0.717, 1.165) is 109 Å². The number of nitrogens with one attached hydrogen (secondary N) is 1. The van der Waals surface area contributed by atoms with Crippen LogP contribution >= 0.6 is 7.82 Å². The molecule has 0 fully saturated rings. The fourth-order valence-corrected chi connectivity index (χ4v) is 7.97. The number of unbranched alkanes of at least 4 members (excludes halogenated alkanes) is 13. The minimum Gasteiger partial charge on any atom is -0.456 e. The Morgan fingerprint density at radius 1 is 0.493 bits per heavy atom. The molecule has 0 aliphatic carbocycles. The molecule has 0 radical (unpaired) electrons. The van der Waals surface area contributed by atoms with Gasteiger partial charge in [0.2, 0.25) is 5.91 Å². The van der Waals surface area contributed by atoms with Crippen molar-refractivity contribution in [2.24, 2.45) is 0 Å². The maximum absolute atomic E-state index is 13.5. The molecule has 0 aliphatic heterocycles. The van der Waals surface area contributed by atoms with Gasteiger partial charge in [0.15, 0.2) is 0 Å². The lowest BCUT2D eigenvalue weighted by Crippen LogP contribution is -2.47. The number of rotatable bonds is 49. The van der Waals surface area contributed by atoms with Gasteiger partial charge in [0.05, 0.1) is 33.8 Å². The largest absolute Gasteiger partial charge is 0.472 e. The Morgan fingerprint density at radius 3 is 1.34 bits per heavy atom. The molecule has 9 nitrogen and oxygen atoms in total. The van der Waals surface area contributed by atoms with Crippen molar-refractivity contribution in [3.05, 3.63) is 134 Å². The minimum absolute atomic E-state index is 0.0167. The van der Waals surface area contributed by atoms with E-state index in [2.05, 4.69) is 148 Å². The Bertz CT molecular complexity index is 1710. The molecule has 0 spiro atoms. The molecule has 0 aromatic heterocycles. The van der Waals surface area contributed by atoms with E-state index in [0.29, 0.717) is 23.9 Å². The van der Waals surface area contributed by atoms with Gasteiger partial charge in [0.25, 0.3) is 0 Å². The number of hydrogen-bond acceptors (Lipinski definition) is 6. The number of carbonyl (C=O) groups excluding carboxylic acids is 2. The van der Waals surface area contributed by atoms with Crippen LogP contribution in [0, 0.1) is 0 Å². The molecule has 0 bridgehead atoms. The molecule has 2 N–H and O–H groups in total. The predicted octanol–water partition coefficient (Wildman–Crippen LogP) is 17.3. The van der Waals surface area contributed by atoms with E-state index in [1.807, 2.05) is 33.3 Å². The molecule has 0 saturated carbocycles. The summed E-state index contributed by atoms with van der Waals surface area (Å²) in [6.07, 6.45) is 73.2. The van der Waals surface area contributed by atoms with Crippen molar-refractivity contribution < 1.29 is 37.3 Å². The number of hydrogen-bond donors (Lipinski definition) is 2. The van der Waals surface area contributed by atoms with Crippen LogP contribution in [0.5, 0.6) is 0 Å². The summed E-state index contributed by atoms with van der Waals surface area (Å²) < 4.78 is 30.5. The highest BCUT2D eigenvalue weighted by Gasteiger charge is 2.30. The number of phosphoric acid groups is 1. The maximum atomic E-state index is 13.5. The molecular weight excluding hydrogens is 928 g/mol. The zero-order valence-electron chi connectivity index (χ0n) is 47.1. The lowest BCUT2D eigenvalue weighted by Gasteiger charge is -2.27. The second-order valence-corrected chi connectivity index (χ2v) is 21.1. The number of phosphoric ester groups is 1. The van der Waals surface area contributed by atoms with E-state index in [1.54, 1.807) is 0 Å². The Hall–Kier alpha value is -3.85. The molecule has 0 aromatic rings. The summed E-state index contributed by atoms with van der Waals surface area (Å²) in [5.74, 6) is -0.625. The van der Waals surface area contributed by atoms with Crippen molar-refractivity contribution in [1.29, 1.82) is 0 Å². The monoisotopic (exact) mass is 1030 g/mol. The van der Waals surface area contributed by atoms with Gasteiger partial charge in [-0.2, -0.15) is 0 Å². The summed E-state index contributed by atoms with van der Waals surface area (Å²) in [6.45, 7) is 6.68. The molecular formula is C63H106N2O7P+. The van der Waals surface area contributed by atoms with Gasteiger partial charge in [-0.25, -0.2) is 4.57 Å². The second kappa shape index (κ2) is 51.6. The maximum Gasteiger partial charge on any atom is 0.472 e. The van der Waals surface area contributed by atoms with Crippen LogP contribution < -0.4 is 5.32 Å². The van der Waals surface area contributed by atoms with E-state index < -0.39 is 25.9 Å². The highest BCUT2D eigenvalue weighted by molar-refractivity contribution is 7.47. The zero-order valence-corrected chi connectivity index (χ0v) is 48.0. The highest BCUT2D eigenvalue weighted by Crippen LogP contribution is 2.43. The van der Waals surface area contributed by atoms with Crippen molar-refractivity contribution in [3.63, 3.8) is 0 Å². The molecule has 3 unspecified atom stereocenters. The fourth-order valence-electron chi connectivity index (χ4n) is 7.23. The Labute approximate surface area is 447 Å². The van der Waals surface area contributed by atoms with E-state index in [9.17, 15) is 19.0 Å². The third-order valence-electron chi connectivity index (χ3n) is 11.6. The second-order valence-electron chi connectivity index (χ2n) is 19.7. The number of esters is 1. The summed E-state index contributed by atoms with van der Waals surface area (Å²) in [6, 6.07) is -0.898. The molecule has 0 rings (SSSR count). The highest BCUT2D eigenvalue weighted by atomic mass is 31.2. The molecule has 1 amide bonds. The van der Waals surface area contributed by atoms with E-state index in [-0.39, 0.29) is 32.0 Å². The Balaban J connectivity index is 5.48. The van der Waals surface area contributed by atoms with Crippen molar-refractivity contribution in [1.82, 2.24) is 5.32 Å². The number of quaternary nitrogens is 1. The third kappa shape index (κ3) is 52.8. The fraction of sp³-hybridized carbons (Fsp3) is 0.619. The standard InChI is InChI=1S/C63H105N2O7P/c1-7-10-13-16-19-22-25-27-29-31-32-34-35-37-40-43-46-49-52-55-62(66)64-60(59-71-73(68,69)70-58-57-65(4,5)6)61(54-51-48-45-42-39-24-21-18-15-12-9-3)72-63(67)56-53-50-47-44-41-38-36-33-30-28-26-23-20-17-14-11-8-2/h10-11,13-14,19-20,22-23,27-30,32,34,36-38,40,44,47,51,54,60-61H,7-9,12,15-18,21,24-26,31,33,35,39,41-43,45-46,48-50,52-53,55-59H2,1-6H3,(H-,64,66,68,69)/p+1/b13-10-,14-11-,22-19-,23-20-,29-27-,30-28-,34-32-,38-36-,40-37-,47-44-,54-51+. The zero-order chi connectivity index (χ0) is 53.6. The van der Waals surface area contributed by atoms with Crippen molar-refractivity contribution in [2.45, 2.75) is 213 Å². The first-order valence-electron chi connectivity index (χ1n) is 28.5. The molecule has 0 heterocycles. The topological polar surface area (TPSA) is 111 Å². The molecule has 3 atom stereocenters. The average Bonchev–Trinajstić information content (AvgIpc) is 3.35. The van der Waals surface area contributed by atoms with Crippen LogP contribution in [0.2, 0.25) is 0 Å². The van der Waals surface area contributed by atoms with Crippen LogP contribution in [0.3, 0.4) is 0 Å². The Morgan fingerprint density at radius 2 is 0.890 bits per heavy atom. The normalized spacial score (nSPS) is 14.8. The first kappa shape index (κ1) is 69.2. The molecule has 0 aliphatic rings. The minimum atomic E-state index is -4.48. The average molecular weight is 1030 g/mol. The lowest BCUT2D eigenvalue weighted by atomic mass is 10.1. The number of allylic oxidation sites excluding steroid dienone is 21. The number of likely N-dealkylation sites (N-methyl/N-ethyl adjacent to an activating group) is 1. The molecule has 0 saturated heterocycles. The van der Waals surface area contributed by atoms with Gasteiger partial charge in [0.1, 0.15) is 19.3 Å². The van der Waals surface area contributed by atoms with Gasteiger partial charge in [0, 0.05) is 12.8 Å². The van der Waals surface area contributed by atoms with Gasteiger partial charge in [-0.3, -0.25) is 18.6 Å². The summed E-state index contributed by atoms with van der Waals surface area (Å²) in [4.78, 5) is 37.5. The smallest absolute Gasteiger partial charge is 0.456 e. The van der Waals surface area contributed by atoms with Crippen LogP contribution in [-0.4, -0.2) is 74.3 Å². The first-order valence-corrected chi connectivity index (χ1v) is 30.0. The summed E-state index contributed by atoms with van der Waals surface area (Å²) in [5, 5.41) is 3.01. The van der Waals surface area contributed by atoms with Crippen molar-refractivity contribution >= 4 is 19.7 Å². The number of nitrogens with zero attached hydrogens (tertiary/aromatic N) is 1. The Kier molecular flexibility index (Phi) is 48.9. The van der Waals surface area contributed by atoms with E-state index in [1.165, 1.54) is 44.9 Å². The molecule has 73 heavy (non-hydrogen) atoms. The van der Waals surface area contributed by atoms with Crippen LogP contribution in [-0.2, 0) is 27.9 Å². The summed E-state index contributed by atoms with van der Waals surface area (Å²) >= 11 is 0. The number of amides is 1. The van der Waals surface area contributed by atoms with Crippen molar-refractivity contribution in [2.75, 3.05) is 40.9 Å². The van der Waals surface area contributed by atoms with Crippen LogP contribution in [0.1, 0.15) is 201 Å². The van der Waals surface area contributed by atoms with Crippen LogP contribution in [0.15, 0.2) is 134 Å². The molecule has 0 aromatic carbocycles. The van der Waals surface area contributed by atoms with Gasteiger partial charge in [-0.05, 0) is 115 Å². The van der Waals surface area contributed by atoms with E-state index in [4.69, 9.17) is 13.8 Å². The lowest BCUT2D eigenvalue weighted by molar-refractivity contribution is -0.870. The molecule has 10 heteroatoms. The first-order chi connectivity index (χ1) is 35.4. The van der Waals surface area contributed by atoms with Crippen LogP contribution in [0.4, 0.5) is 0 Å².